The number of nitrogens with one attached hydrogen (secondary N) is 1. The quantitative estimate of drug-likeness (QED) is 0.00860. The summed E-state index contributed by atoms with van der Waals surface area (Å²) in [6.07, 6.45) is 10.6. The molecule has 0 spiro atoms. The number of hydrogen-bond donors (Lipinski definition) is 3. The first-order valence-electron chi connectivity index (χ1n) is 32.8. The number of ether oxygens (including phenoxy) is 2. The molecule has 494 valence electrons. The fraction of sp³-hybridized carbons (Fsp3) is 0.305. The van der Waals surface area contributed by atoms with Crippen LogP contribution in [0.2, 0.25) is 0 Å². The molecule has 10 rings (SSSR count). The Bertz CT molecular complexity index is 3890. The number of esters is 2. The maximum absolute atomic E-state index is 12.1. The largest absolute Gasteiger partial charge is 0.462 e. The summed E-state index contributed by atoms with van der Waals surface area (Å²) < 4.78 is 10.9. The number of halogens is 1. The number of benzene rings is 8. The van der Waals surface area contributed by atoms with E-state index in [0.29, 0.717) is 29.9 Å². The minimum absolute atomic E-state index is 0.128. The van der Waals surface area contributed by atoms with Gasteiger partial charge in [0.15, 0.2) is 0 Å². The normalized spacial score (nSPS) is 12.2. The van der Waals surface area contributed by atoms with Crippen molar-refractivity contribution in [3.05, 3.63) is 273 Å². The van der Waals surface area contributed by atoms with Crippen LogP contribution >= 0.6 is 11.6 Å². The van der Waals surface area contributed by atoms with Crippen LogP contribution in [0.4, 0.5) is 34.1 Å². The number of rotatable bonds is 27. The van der Waals surface area contributed by atoms with E-state index in [4.69, 9.17) is 32.1 Å². The zero-order valence-corrected chi connectivity index (χ0v) is 57.1. The molecule has 12 nitrogen and oxygen atoms in total. The third kappa shape index (κ3) is 18.6. The molecule has 8 aromatic rings. The van der Waals surface area contributed by atoms with Gasteiger partial charge in [-0.15, -0.1) is 5.53 Å². The van der Waals surface area contributed by atoms with E-state index in [0.717, 1.165) is 111 Å². The van der Waals surface area contributed by atoms with Gasteiger partial charge in [-0.3, -0.25) is 4.79 Å². The number of unbranched alkanes of at least 4 members (excludes halogenated alkanes) is 4. The summed E-state index contributed by atoms with van der Waals surface area (Å²) in [5.74, 6) is -0.690. The minimum Gasteiger partial charge on any atom is -0.462 e. The first-order chi connectivity index (χ1) is 45.7. The van der Waals surface area contributed by atoms with Crippen LogP contribution in [0.1, 0.15) is 142 Å². The third-order valence-corrected chi connectivity index (χ3v) is 17.9. The highest BCUT2D eigenvalue weighted by molar-refractivity contribution is 6.67. The molecule has 0 atom stereocenters. The SMILES string of the molecule is C=C(C)C(=O)Cl.C=C(C)C(=O)OCCCCC1(CCCCOC(=O)C(=C)C)c2ccccc2-c2ccc(N(c3cccc(C)c3)c3cccc(C)c3)cc21.Cc1cccc(N(c2cccc(C)c2)c2ccc3c(c2)C(CCCCO)(CCCCO)c2ccccc2-3)c1.[N-]=[N+]=N. The number of aliphatic hydroxyl groups excluding tert-OH is 2. The summed E-state index contributed by atoms with van der Waals surface area (Å²) in [5, 5.41) is 18.7. The Morgan fingerprint density at radius 3 is 1.00 bits per heavy atom. The lowest BCUT2D eigenvalue weighted by molar-refractivity contribution is -0.139. The number of allylic oxidation sites excluding steroid dienone is 1. The van der Waals surface area contributed by atoms with Crippen molar-refractivity contribution in [2.24, 2.45) is 0 Å². The Morgan fingerprint density at radius 2 is 0.716 bits per heavy atom. The van der Waals surface area contributed by atoms with Crippen LogP contribution in [-0.4, -0.2) is 53.8 Å². The Labute approximate surface area is 567 Å². The van der Waals surface area contributed by atoms with Crippen molar-refractivity contribution >= 4 is 62.9 Å². The molecule has 2 aliphatic rings. The molecule has 0 unspecified atom stereocenters. The van der Waals surface area contributed by atoms with Crippen molar-refractivity contribution in [2.75, 3.05) is 36.2 Å². The predicted octanol–water partition coefficient (Wildman–Crippen LogP) is 21.2. The highest BCUT2D eigenvalue weighted by Crippen LogP contribution is 2.57. The lowest BCUT2D eigenvalue weighted by Gasteiger charge is -2.34. The van der Waals surface area contributed by atoms with Crippen LogP contribution in [0.25, 0.3) is 32.7 Å². The van der Waals surface area contributed by atoms with E-state index in [1.807, 2.05) is 0 Å². The standard InChI is InChI=1S/C43H47NO4.C35H39NO2.C4H5ClO.HN3/c1-30(2)41(45)47-25-11-9-23-43(24-10-12-26-48-42(46)31(3)4)39-20-8-7-19-37(39)38-22-21-36(29-40(38)43)44(34-17-13-15-32(5)27-34)35-18-14-16-33(6)28-35;1-26-11-9-13-28(23-26)36(29-14-10-12-27(2)24-29)30-17-18-32-31-15-3-4-16-33(31)35(34(32)25-30,19-5-7-21-37)20-6-8-22-38;1-3(2)4(5)6;1-3-2/h7-8,13-22,27-29H,1,3,9-12,23-26H2,2,4-6H3;3-4,9-18,23-25,37-38H,5-8,19-22H2,1-2H3;1H2,2H3;1H. The Balaban J connectivity index is 0.000000243. The number of carbonyl (C=O) groups excluding carboxylic acids is 3. The van der Waals surface area contributed by atoms with Crippen molar-refractivity contribution in [1.82, 2.24) is 0 Å². The van der Waals surface area contributed by atoms with E-state index in [9.17, 15) is 24.6 Å². The molecule has 0 fully saturated rings. The third-order valence-electron chi connectivity index (χ3n) is 17.6. The van der Waals surface area contributed by atoms with Gasteiger partial charge in [-0.2, -0.15) is 0 Å². The van der Waals surface area contributed by atoms with E-state index in [-0.39, 0.29) is 36.0 Å². The van der Waals surface area contributed by atoms with Crippen molar-refractivity contribution in [1.29, 1.82) is 5.53 Å². The number of carbonyl (C=O) groups is 3. The first-order valence-corrected chi connectivity index (χ1v) is 33.2. The number of nitrogens with zero attached hydrogens (tertiary/aromatic N) is 4. The molecule has 0 radical (unpaired) electrons. The van der Waals surface area contributed by atoms with Gasteiger partial charge in [-0.1, -0.05) is 129 Å². The van der Waals surface area contributed by atoms with E-state index in [1.165, 1.54) is 66.8 Å². The number of anilines is 6. The molecule has 0 aromatic heterocycles. The summed E-state index contributed by atoms with van der Waals surface area (Å²) >= 11 is 4.87. The van der Waals surface area contributed by atoms with Crippen LogP contribution in [0, 0.1) is 33.2 Å². The Morgan fingerprint density at radius 1 is 0.432 bits per heavy atom. The maximum Gasteiger partial charge on any atom is 0.333 e. The Hall–Kier alpha value is -9.29. The highest BCUT2D eigenvalue weighted by atomic mass is 35.5. The van der Waals surface area contributed by atoms with Crippen LogP contribution in [0.3, 0.4) is 0 Å². The zero-order chi connectivity index (χ0) is 68.7. The molecule has 13 heteroatoms. The Kier molecular flexibility index (Phi) is 27.2. The molecule has 8 aromatic carbocycles. The molecule has 3 N–H and O–H groups in total. The molecular weight excluding hydrogens is 1200 g/mol. The number of hydrogen-bond acceptors (Lipinski definition) is 10. The average Bonchev–Trinajstić information content (AvgIpc) is 1.58. The number of fused-ring (bicyclic) bond motifs is 6. The first kappa shape index (κ1) is 73.1. The fourth-order valence-corrected chi connectivity index (χ4v) is 13.2. The van der Waals surface area contributed by atoms with E-state index in [1.54, 1.807) is 25.7 Å². The van der Waals surface area contributed by atoms with Crippen LogP contribution < -0.4 is 9.80 Å². The lowest BCUT2D eigenvalue weighted by Crippen LogP contribution is -2.26. The maximum atomic E-state index is 12.1. The molecule has 0 amide bonds. The molecule has 2 aliphatic carbocycles. The van der Waals surface area contributed by atoms with Crippen LogP contribution in [0.15, 0.2) is 218 Å². The van der Waals surface area contributed by atoms with Gasteiger partial charge in [-0.25, -0.2) is 9.59 Å². The van der Waals surface area contributed by atoms with Gasteiger partial charge in [0.05, 0.1) is 13.2 Å². The number of aliphatic hydroxyl groups is 2. The molecule has 0 saturated carbocycles. The van der Waals surface area contributed by atoms with Gasteiger partial charge in [0, 0.05) is 74.9 Å². The topological polar surface area (TPSA) is 177 Å². The van der Waals surface area contributed by atoms with Crippen LogP contribution in [-0.2, 0) is 34.7 Å². The zero-order valence-electron chi connectivity index (χ0n) is 56.4. The molecule has 0 bridgehead atoms. The second-order valence-corrected chi connectivity index (χ2v) is 25.3. The molecule has 95 heavy (non-hydrogen) atoms. The van der Waals surface area contributed by atoms with Gasteiger partial charge in [0.2, 0.25) is 5.24 Å². The second-order valence-electron chi connectivity index (χ2n) is 25.0. The summed E-state index contributed by atoms with van der Waals surface area (Å²) in [5.41, 5.74) is 35.3. The van der Waals surface area contributed by atoms with Crippen molar-refractivity contribution in [3.8, 4) is 22.3 Å². The smallest absolute Gasteiger partial charge is 0.333 e. The summed E-state index contributed by atoms with van der Waals surface area (Å²) in [4.78, 5) is 40.4. The molecule has 0 aliphatic heterocycles. The van der Waals surface area contributed by atoms with E-state index < -0.39 is 5.24 Å². The van der Waals surface area contributed by atoms with Gasteiger partial charge >= 0.3 is 11.9 Å². The lowest BCUT2D eigenvalue weighted by atomic mass is 9.70. The van der Waals surface area contributed by atoms with Crippen molar-refractivity contribution < 1.29 is 34.1 Å². The fourth-order valence-electron chi connectivity index (χ4n) is 13.2. The van der Waals surface area contributed by atoms with Gasteiger partial charge < -0.3 is 29.5 Å². The number of aryl methyl sites for hydroxylation is 4. The summed E-state index contributed by atoms with van der Waals surface area (Å²) in [6, 6.07) is 66.2. The van der Waals surface area contributed by atoms with Crippen molar-refractivity contribution in [3.63, 3.8) is 0 Å². The monoisotopic (exact) mass is 1290 g/mol. The van der Waals surface area contributed by atoms with E-state index in [2.05, 4.69) is 239 Å². The summed E-state index contributed by atoms with van der Waals surface area (Å²) in [6.45, 7) is 25.3. The highest BCUT2D eigenvalue weighted by Gasteiger charge is 2.44. The average molecular weight is 1300 g/mol. The minimum atomic E-state index is -0.463. The molecule has 0 saturated heterocycles. The van der Waals surface area contributed by atoms with Crippen LogP contribution in [0.5, 0.6) is 0 Å². The van der Waals surface area contributed by atoms with Gasteiger partial charge in [0.1, 0.15) is 0 Å². The van der Waals surface area contributed by atoms with Crippen molar-refractivity contribution in [2.45, 2.75) is 136 Å². The predicted molar refractivity (Wildman–Crippen MR) is 390 cm³/mol. The molecular formula is C82H92ClN5O7. The van der Waals surface area contributed by atoms with Gasteiger partial charge in [0.25, 0.3) is 0 Å². The molecule has 0 heterocycles. The van der Waals surface area contributed by atoms with E-state index >= 15 is 0 Å². The van der Waals surface area contributed by atoms with Gasteiger partial charge in [-0.05, 0) is 287 Å². The summed E-state index contributed by atoms with van der Waals surface area (Å²) in [7, 11) is 0. The second kappa shape index (κ2) is 35.3.